The predicted octanol–water partition coefficient (Wildman–Crippen LogP) is 3.03. The summed E-state index contributed by atoms with van der Waals surface area (Å²) < 4.78 is 35.2. The number of aliphatic hydroxyl groups excluding tert-OH is 2. The van der Waals surface area contributed by atoms with Gasteiger partial charge in [-0.2, -0.15) is 0 Å². The van der Waals surface area contributed by atoms with Gasteiger partial charge in [-0.3, -0.25) is 9.20 Å². The van der Waals surface area contributed by atoms with Crippen molar-refractivity contribution in [2.75, 3.05) is 6.61 Å². The summed E-state index contributed by atoms with van der Waals surface area (Å²) in [7, 11) is 0. The van der Waals surface area contributed by atoms with Crippen molar-refractivity contribution in [3.05, 3.63) is 101 Å². The zero-order chi connectivity index (χ0) is 24.7. The summed E-state index contributed by atoms with van der Waals surface area (Å²) in [4.78, 5) is 17.9. The van der Waals surface area contributed by atoms with Crippen LogP contribution in [0.15, 0.2) is 60.8 Å². The number of imidazole rings is 1. The van der Waals surface area contributed by atoms with E-state index in [9.17, 15) is 23.8 Å². The van der Waals surface area contributed by atoms with Crippen LogP contribution in [0.2, 0.25) is 0 Å². The van der Waals surface area contributed by atoms with Crippen LogP contribution < -0.4 is 10.1 Å². The molecule has 0 bridgehead atoms. The third-order valence-electron chi connectivity index (χ3n) is 6.50. The second kappa shape index (κ2) is 8.75. The van der Waals surface area contributed by atoms with E-state index in [1.807, 2.05) is 12.1 Å². The highest BCUT2D eigenvalue weighted by atomic mass is 19.1. The third-order valence-corrected chi connectivity index (χ3v) is 6.50. The van der Waals surface area contributed by atoms with Crippen molar-refractivity contribution in [1.82, 2.24) is 14.7 Å². The van der Waals surface area contributed by atoms with Crippen LogP contribution in [0.4, 0.5) is 8.78 Å². The molecular formula is C26H23F2N3O4. The van der Waals surface area contributed by atoms with Crippen molar-refractivity contribution in [2.24, 2.45) is 0 Å². The Morgan fingerprint density at radius 1 is 1.17 bits per heavy atom. The average molecular weight is 479 g/mol. The number of hydrogen-bond donors (Lipinski definition) is 3. The molecule has 3 N–H and O–H groups in total. The summed E-state index contributed by atoms with van der Waals surface area (Å²) in [5, 5.41) is 23.9. The minimum absolute atomic E-state index is 0.187. The van der Waals surface area contributed by atoms with Crippen molar-refractivity contribution < 1.29 is 28.5 Å². The topological polar surface area (TPSA) is 96.1 Å². The summed E-state index contributed by atoms with van der Waals surface area (Å²) in [6, 6.07) is 14.0. The van der Waals surface area contributed by atoms with Crippen LogP contribution in [0.3, 0.4) is 0 Å². The fourth-order valence-corrected chi connectivity index (χ4v) is 4.70. The molecule has 0 spiro atoms. The van der Waals surface area contributed by atoms with Crippen LogP contribution in [0.25, 0.3) is 5.65 Å². The average Bonchev–Trinajstić information content (AvgIpc) is 3.32. The highest BCUT2D eigenvalue weighted by Crippen LogP contribution is 2.37. The molecule has 1 amide bonds. The number of ether oxygens (including phenoxy) is 1. The largest absolute Gasteiger partial charge is 0.485 e. The number of pyridine rings is 1. The second-order valence-corrected chi connectivity index (χ2v) is 8.56. The summed E-state index contributed by atoms with van der Waals surface area (Å²) in [6.07, 6.45) is 0.905. The molecule has 9 heteroatoms. The van der Waals surface area contributed by atoms with E-state index in [1.54, 1.807) is 37.4 Å². The van der Waals surface area contributed by atoms with Crippen molar-refractivity contribution in [2.45, 2.75) is 31.6 Å². The lowest BCUT2D eigenvalue weighted by Gasteiger charge is -2.33. The van der Waals surface area contributed by atoms with Gasteiger partial charge < -0.3 is 20.3 Å². The molecule has 5 rings (SSSR count). The standard InChI is InChI=1S/C26H23F2N3O4/c1-15-23(25(34)30-26(14-32)18-7-3-2-6-16(18)12-22(26)33)31-11-5-10-21(24(31)29-15)35-13-17-19(27)8-4-9-20(17)28/h2-11,22,32-33H,12-14H2,1H3,(H,30,34)/t22-,26-/m0/s1. The first-order valence-corrected chi connectivity index (χ1v) is 11.1. The van der Waals surface area contributed by atoms with Gasteiger partial charge in [0.25, 0.3) is 5.91 Å². The fraction of sp³-hybridized carbons (Fsp3) is 0.231. The molecule has 0 fully saturated rings. The van der Waals surface area contributed by atoms with E-state index in [-0.39, 0.29) is 29.3 Å². The van der Waals surface area contributed by atoms with E-state index >= 15 is 0 Å². The van der Waals surface area contributed by atoms with E-state index in [1.165, 1.54) is 10.5 Å². The minimum Gasteiger partial charge on any atom is -0.485 e. The molecule has 1 aliphatic rings. The maximum atomic E-state index is 14.0. The summed E-state index contributed by atoms with van der Waals surface area (Å²) in [6.45, 7) is 0.796. The van der Waals surface area contributed by atoms with Gasteiger partial charge in [-0.15, -0.1) is 0 Å². The van der Waals surface area contributed by atoms with E-state index in [4.69, 9.17) is 4.74 Å². The predicted molar refractivity (Wildman–Crippen MR) is 123 cm³/mol. The van der Waals surface area contributed by atoms with Gasteiger partial charge in [-0.25, -0.2) is 13.8 Å². The first kappa shape index (κ1) is 22.9. The zero-order valence-corrected chi connectivity index (χ0v) is 18.8. The Kier molecular flexibility index (Phi) is 5.74. The van der Waals surface area contributed by atoms with Crippen molar-refractivity contribution >= 4 is 11.6 Å². The number of rotatable bonds is 6. The number of halogens is 2. The Bertz CT molecular complexity index is 1420. The lowest BCUT2D eigenvalue weighted by molar-refractivity contribution is 0.0268. The third kappa shape index (κ3) is 3.73. The Morgan fingerprint density at radius 3 is 2.66 bits per heavy atom. The van der Waals surface area contributed by atoms with E-state index < -0.39 is 35.8 Å². The number of carbonyl (C=O) groups is 1. The number of aryl methyl sites for hydroxylation is 1. The molecule has 0 saturated carbocycles. The van der Waals surface area contributed by atoms with Crippen molar-refractivity contribution in [3.63, 3.8) is 0 Å². The van der Waals surface area contributed by atoms with Crippen molar-refractivity contribution in [3.8, 4) is 5.75 Å². The maximum absolute atomic E-state index is 14.0. The Labute approximate surface area is 199 Å². The number of aliphatic hydroxyl groups is 2. The fourth-order valence-electron chi connectivity index (χ4n) is 4.70. The van der Waals surface area contributed by atoms with Crippen LogP contribution in [0, 0.1) is 18.6 Å². The van der Waals surface area contributed by atoms with Gasteiger partial charge in [0.1, 0.15) is 29.5 Å². The van der Waals surface area contributed by atoms with Gasteiger partial charge >= 0.3 is 0 Å². The number of hydrogen-bond acceptors (Lipinski definition) is 5. The van der Waals surface area contributed by atoms with Gasteiger partial charge in [0.15, 0.2) is 11.4 Å². The molecule has 2 aromatic heterocycles. The Balaban J connectivity index is 1.48. The molecule has 4 aromatic rings. The van der Waals surface area contributed by atoms with Gasteiger partial charge in [-0.05, 0) is 42.3 Å². The molecule has 0 radical (unpaired) electrons. The van der Waals surface area contributed by atoms with E-state index in [2.05, 4.69) is 10.3 Å². The maximum Gasteiger partial charge on any atom is 0.271 e. The zero-order valence-electron chi connectivity index (χ0n) is 18.8. The molecule has 0 saturated heterocycles. The normalized spacial score (nSPS) is 19.1. The molecule has 35 heavy (non-hydrogen) atoms. The number of nitrogens with one attached hydrogen (secondary N) is 1. The monoisotopic (exact) mass is 479 g/mol. The van der Waals surface area contributed by atoms with Gasteiger partial charge in [0.2, 0.25) is 0 Å². The molecule has 1 aliphatic carbocycles. The molecule has 2 aromatic carbocycles. The van der Waals surface area contributed by atoms with E-state index in [0.29, 0.717) is 17.7 Å². The molecular weight excluding hydrogens is 456 g/mol. The minimum atomic E-state index is -1.36. The molecule has 2 heterocycles. The summed E-state index contributed by atoms with van der Waals surface area (Å²) in [5.41, 5.74) is 0.787. The van der Waals surface area contributed by atoms with Crippen LogP contribution in [-0.4, -0.2) is 38.2 Å². The quantitative estimate of drug-likeness (QED) is 0.395. The van der Waals surface area contributed by atoms with Crippen LogP contribution in [0.5, 0.6) is 5.75 Å². The summed E-state index contributed by atoms with van der Waals surface area (Å²) in [5.74, 6) is -1.75. The lowest BCUT2D eigenvalue weighted by Crippen LogP contribution is -2.54. The number of nitrogens with zero attached hydrogens (tertiary/aromatic N) is 2. The molecule has 0 aliphatic heterocycles. The molecule has 7 nitrogen and oxygen atoms in total. The van der Waals surface area contributed by atoms with Crippen molar-refractivity contribution in [1.29, 1.82) is 0 Å². The van der Waals surface area contributed by atoms with Crippen LogP contribution in [-0.2, 0) is 18.6 Å². The Hall–Kier alpha value is -3.82. The number of fused-ring (bicyclic) bond motifs is 2. The summed E-state index contributed by atoms with van der Waals surface area (Å²) >= 11 is 0. The first-order chi connectivity index (χ1) is 16.9. The molecule has 0 unspecified atom stereocenters. The smallest absolute Gasteiger partial charge is 0.271 e. The SMILES string of the molecule is Cc1nc2c(OCc3c(F)cccc3F)cccn2c1C(=O)N[C@@]1(CO)c2ccccc2C[C@@H]1O. The van der Waals surface area contributed by atoms with Gasteiger partial charge in [0, 0.05) is 12.6 Å². The van der Waals surface area contributed by atoms with E-state index in [0.717, 1.165) is 17.7 Å². The number of benzene rings is 2. The Morgan fingerprint density at radius 2 is 1.91 bits per heavy atom. The first-order valence-electron chi connectivity index (χ1n) is 11.1. The van der Waals surface area contributed by atoms with Gasteiger partial charge in [0.05, 0.1) is 24.0 Å². The number of aromatic nitrogens is 2. The molecule has 2 atom stereocenters. The molecule has 180 valence electrons. The number of amides is 1. The second-order valence-electron chi connectivity index (χ2n) is 8.56. The lowest BCUT2D eigenvalue weighted by atomic mass is 9.90. The van der Waals surface area contributed by atoms with Gasteiger partial charge in [-0.1, -0.05) is 30.3 Å². The van der Waals surface area contributed by atoms with Crippen LogP contribution in [0.1, 0.15) is 32.9 Å². The van der Waals surface area contributed by atoms with Crippen LogP contribution >= 0.6 is 0 Å². The highest BCUT2D eigenvalue weighted by molar-refractivity contribution is 5.95. The number of carbonyl (C=O) groups excluding carboxylic acids is 1. The highest BCUT2D eigenvalue weighted by Gasteiger charge is 2.47.